The van der Waals surface area contributed by atoms with Crippen molar-refractivity contribution in [3.05, 3.63) is 71.8 Å². The molecule has 2 aromatic rings. The van der Waals surface area contributed by atoms with Gasteiger partial charge in [0.2, 0.25) is 0 Å². The number of hydrogen-bond donors (Lipinski definition) is 2. The summed E-state index contributed by atoms with van der Waals surface area (Å²) < 4.78 is 5.31. The fourth-order valence-electron chi connectivity index (χ4n) is 2.69. The van der Waals surface area contributed by atoms with Gasteiger partial charge in [0.15, 0.2) is 0 Å². The number of para-hydroxylation sites is 1. The summed E-state index contributed by atoms with van der Waals surface area (Å²) in [6.45, 7) is 5.14. The predicted octanol–water partition coefficient (Wildman–Crippen LogP) is 5.67. The lowest BCUT2D eigenvalue weighted by Gasteiger charge is -2.07. The van der Waals surface area contributed by atoms with Crippen LogP contribution < -0.4 is 4.74 Å². The number of carbonyl (C=O) groups excluding carboxylic acids is 1. The van der Waals surface area contributed by atoms with Crippen LogP contribution in [0.15, 0.2) is 60.7 Å². The first-order valence-corrected chi connectivity index (χ1v) is 10.3. The first kappa shape index (κ1) is 25.4. The Morgan fingerprint density at radius 3 is 2.16 bits per heavy atom. The van der Waals surface area contributed by atoms with Crippen molar-refractivity contribution >= 4 is 11.9 Å². The number of carboxylic acid groups (broad SMARTS) is 1. The van der Waals surface area contributed by atoms with Crippen LogP contribution in [0.3, 0.4) is 0 Å². The molecule has 2 N–H and O–H groups in total. The number of nitriles is 1. The molecule has 2 rings (SSSR count). The number of aromatic hydroxyl groups is 1. The molecule has 164 valence electrons. The molecule has 0 unspecified atom stereocenters. The van der Waals surface area contributed by atoms with Crippen molar-refractivity contribution in [1.82, 2.24) is 0 Å². The fraction of sp³-hybridized carbons (Fsp3) is 0.320. The number of benzene rings is 2. The monoisotopic (exact) mass is 423 g/mol. The zero-order valence-electron chi connectivity index (χ0n) is 17.8. The lowest BCUT2D eigenvalue weighted by atomic mass is 10.0. The minimum atomic E-state index is -1.26. The van der Waals surface area contributed by atoms with Crippen LogP contribution in [-0.2, 0) is 11.2 Å². The number of unbranched alkanes of at least 4 members (excludes halogenated alkanes) is 5. The molecule has 0 aliphatic carbocycles. The number of carbonyl (C=O) groups is 2. The van der Waals surface area contributed by atoms with Crippen molar-refractivity contribution in [2.45, 2.75) is 51.9 Å². The van der Waals surface area contributed by atoms with Crippen LogP contribution in [-0.4, -0.2) is 22.2 Å². The third-order valence-electron chi connectivity index (χ3n) is 4.47. The minimum absolute atomic E-state index is 0.0674. The van der Waals surface area contributed by atoms with E-state index in [4.69, 9.17) is 15.1 Å². The second-order valence-electron chi connectivity index (χ2n) is 6.96. The van der Waals surface area contributed by atoms with Crippen LogP contribution in [0, 0.1) is 11.3 Å². The number of carboxylic acids is 1. The van der Waals surface area contributed by atoms with Crippen LogP contribution in [0.4, 0.5) is 0 Å². The Hall–Kier alpha value is -3.59. The standard InChI is InChI=1S/C21H26O3.C4H3NO2/c1-2-3-4-5-6-7-10-17-13-15-18(16-14-17)24-21(23)19-11-8-9-12-20(19)22;1-3(2-5)4(6)7/h8-9,11-16,22H,2-7,10H2,1H3;1H2,(H,6,7). The SMILES string of the molecule is C=C(C#N)C(=O)O.CCCCCCCCc1ccc(OC(=O)c2ccccc2O)cc1. The van der Waals surface area contributed by atoms with Gasteiger partial charge in [-0.2, -0.15) is 5.26 Å². The summed E-state index contributed by atoms with van der Waals surface area (Å²) in [6.07, 6.45) is 8.77. The topological polar surface area (TPSA) is 108 Å². The fourth-order valence-corrected chi connectivity index (χ4v) is 2.69. The molecular weight excluding hydrogens is 394 g/mol. The third kappa shape index (κ3) is 10.1. The normalized spacial score (nSPS) is 9.68. The molecule has 0 saturated heterocycles. The molecule has 0 amide bonds. The number of rotatable bonds is 10. The maximum Gasteiger partial charge on any atom is 0.347 e. The number of nitrogens with zero attached hydrogens (tertiary/aromatic N) is 1. The first-order valence-electron chi connectivity index (χ1n) is 10.3. The summed E-state index contributed by atoms with van der Waals surface area (Å²) in [6, 6.07) is 15.4. The Kier molecular flexibility index (Phi) is 11.8. The molecule has 0 bridgehead atoms. The lowest BCUT2D eigenvalue weighted by molar-refractivity contribution is -0.132. The van der Waals surface area contributed by atoms with E-state index in [0.29, 0.717) is 5.75 Å². The van der Waals surface area contributed by atoms with Gasteiger partial charge in [-0.1, -0.05) is 69.9 Å². The van der Waals surface area contributed by atoms with Gasteiger partial charge in [0.05, 0.1) is 0 Å². The van der Waals surface area contributed by atoms with Crippen LogP contribution in [0.1, 0.15) is 61.4 Å². The molecule has 0 spiro atoms. The van der Waals surface area contributed by atoms with Crippen molar-refractivity contribution in [2.75, 3.05) is 0 Å². The number of phenols is 1. The summed E-state index contributed by atoms with van der Waals surface area (Å²) in [4.78, 5) is 21.6. The predicted molar refractivity (Wildman–Crippen MR) is 119 cm³/mol. The molecule has 0 saturated carbocycles. The Bertz CT molecular complexity index is 897. The molecular formula is C25H29NO5. The van der Waals surface area contributed by atoms with Gasteiger partial charge in [-0.3, -0.25) is 0 Å². The van der Waals surface area contributed by atoms with Gasteiger partial charge in [0.1, 0.15) is 28.7 Å². The first-order chi connectivity index (χ1) is 14.9. The Morgan fingerprint density at radius 2 is 1.61 bits per heavy atom. The van der Waals surface area contributed by atoms with E-state index < -0.39 is 17.5 Å². The van der Waals surface area contributed by atoms with E-state index in [1.165, 1.54) is 56.2 Å². The number of phenolic OH excluding ortho intramolecular Hbond substituents is 1. The lowest BCUT2D eigenvalue weighted by Crippen LogP contribution is -2.08. The van der Waals surface area contributed by atoms with Gasteiger partial charge in [0.25, 0.3) is 0 Å². The van der Waals surface area contributed by atoms with Gasteiger partial charge in [0, 0.05) is 0 Å². The zero-order chi connectivity index (χ0) is 23.1. The van der Waals surface area contributed by atoms with E-state index in [1.54, 1.807) is 18.2 Å². The van der Waals surface area contributed by atoms with Gasteiger partial charge >= 0.3 is 11.9 Å². The Balaban J connectivity index is 0.000000592. The smallest absolute Gasteiger partial charge is 0.347 e. The molecule has 0 atom stereocenters. The van der Waals surface area contributed by atoms with Crippen molar-refractivity contribution in [3.63, 3.8) is 0 Å². The van der Waals surface area contributed by atoms with Crippen molar-refractivity contribution in [3.8, 4) is 17.6 Å². The Morgan fingerprint density at radius 1 is 1.00 bits per heavy atom. The zero-order valence-corrected chi connectivity index (χ0v) is 17.8. The molecule has 0 radical (unpaired) electrons. The summed E-state index contributed by atoms with van der Waals surface area (Å²) in [5, 5.41) is 25.3. The molecule has 6 heteroatoms. The maximum absolute atomic E-state index is 12.0. The quantitative estimate of drug-likeness (QED) is 0.168. The molecule has 0 heterocycles. The van der Waals surface area contributed by atoms with E-state index in [2.05, 4.69) is 13.5 Å². The van der Waals surface area contributed by atoms with E-state index >= 15 is 0 Å². The summed E-state index contributed by atoms with van der Waals surface area (Å²) >= 11 is 0. The van der Waals surface area contributed by atoms with Gasteiger partial charge in [-0.25, -0.2) is 9.59 Å². The molecule has 0 aliphatic rings. The van der Waals surface area contributed by atoms with Gasteiger partial charge in [-0.05, 0) is 42.7 Å². The van der Waals surface area contributed by atoms with Gasteiger partial charge < -0.3 is 14.9 Å². The van der Waals surface area contributed by atoms with E-state index in [9.17, 15) is 14.7 Å². The van der Waals surface area contributed by atoms with Crippen molar-refractivity contribution in [1.29, 1.82) is 5.26 Å². The maximum atomic E-state index is 12.0. The molecule has 6 nitrogen and oxygen atoms in total. The number of ether oxygens (including phenoxy) is 1. The molecule has 2 aromatic carbocycles. The molecule has 0 fully saturated rings. The van der Waals surface area contributed by atoms with E-state index in [0.717, 1.165) is 6.42 Å². The highest BCUT2D eigenvalue weighted by Crippen LogP contribution is 2.20. The minimum Gasteiger partial charge on any atom is -0.507 e. The highest BCUT2D eigenvalue weighted by molar-refractivity contribution is 5.93. The molecule has 31 heavy (non-hydrogen) atoms. The van der Waals surface area contributed by atoms with E-state index in [-0.39, 0.29) is 11.3 Å². The van der Waals surface area contributed by atoms with Crippen LogP contribution in [0.5, 0.6) is 11.5 Å². The number of hydrogen-bond acceptors (Lipinski definition) is 5. The molecule has 0 aliphatic heterocycles. The average Bonchev–Trinajstić information content (AvgIpc) is 2.77. The average molecular weight is 424 g/mol. The molecule has 0 aromatic heterocycles. The van der Waals surface area contributed by atoms with Gasteiger partial charge in [-0.15, -0.1) is 0 Å². The largest absolute Gasteiger partial charge is 0.507 e. The highest BCUT2D eigenvalue weighted by atomic mass is 16.5. The van der Waals surface area contributed by atoms with Crippen LogP contribution in [0.2, 0.25) is 0 Å². The second kappa shape index (κ2) is 14.4. The number of esters is 1. The number of aliphatic carboxylic acids is 1. The summed E-state index contributed by atoms with van der Waals surface area (Å²) in [5.74, 6) is -1.38. The second-order valence-corrected chi connectivity index (χ2v) is 6.96. The third-order valence-corrected chi connectivity index (χ3v) is 4.47. The number of aryl methyl sites for hydroxylation is 1. The summed E-state index contributed by atoms with van der Waals surface area (Å²) in [5.41, 5.74) is 1.00. The Labute approximate surface area is 183 Å². The van der Waals surface area contributed by atoms with Crippen molar-refractivity contribution in [2.24, 2.45) is 0 Å². The van der Waals surface area contributed by atoms with E-state index in [1.807, 2.05) is 24.3 Å². The highest BCUT2D eigenvalue weighted by Gasteiger charge is 2.12. The van der Waals surface area contributed by atoms with Crippen LogP contribution >= 0.6 is 0 Å². The van der Waals surface area contributed by atoms with Crippen molar-refractivity contribution < 1.29 is 24.5 Å². The summed E-state index contributed by atoms with van der Waals surface area (Å²) in [7, 11) is 0. The van der Waals surface area contributed by atoms with Crippen LogP contribution in [0.25, 0.3) is 0 Å².